The van der Waals surface area contributed by atoms with Crippen LogP contribution in [0.2, 0.25) is 0 Å². The van der Waals surface area contributed by atoms with Crippen molar-refractivity contribution < 1.29 is 14.3 Å². The molecule has 1 N–H and O–H groups in total. The van der Waals surface area contributed by atoms with E-state index in [9.17, 15) is 9.59 Å². The minimum Gasteiger partial charge on any atom is -0.448 e. The first-order chi connectivity index (χ1) is 7.79. The van der Waals surface area contributed by atoms with Crippen LogP contribution in [-0.4, -0.2) is 23.5 Å². The van der Waals surface area contributed by atoms with Gasteiger partial charge in [0, 0.05) is 5.54 Å². The summed E-state index contributed by atoms with van der Waals surface area (Å²) in [6.07, 6.45) is -0.788. The highest BCUT2D eigenvalue weighted by Gasteiger charge is 2.23. The van der Waals surface area contributed by atoms with Crippen LogP contribution >= 0.6 is 11.3 Å². The van der Waals surface area contributed by atoms with E-state index in [4.69, 9.17) is 4.74 Å². The molecule has 17 heavy (non-hydrogen) atoms. The minimum atomic E-state index is -0.788. The van der Waals surface area contributed by atoms with Crippen molar-refractivity contribution in [2.75, 3.05) is 0 Å². The molecule has 0 saturated heterocycles. The number of amides is 1. The van der Waals surface area contributed by atoms with Crippen molar-refractivity contribution in [1.29, 1.82) is 0 Å². The first kappa shape index (κ1) is 13.7. The molecule has 1 heterocycles. The van der Waals surface area contributed by atoms with Crippen molar-refractivity contribution in [2.24, 2.45) is 0 Å². The van der Waals surface area contributed by atoms with E-state index in [-0.39, 0.29) is 11.4 Å². The van der Waals surface area contributed by atoms with Crippen LogP contribution in [0.4, 0.5) is 0 Å². The van der Waals surface area contributed by atoms with Crippen LogP contribution < -0.4 is 5.32 Å². The second kappa shape index (κ2) is 5.31. The average molecular weight is 255 g/mol. The maximum Gasteiger partial charge on any atom is 0.349 e. The Morgan fingerprint density at radius 1 is 1.41 bits per heavy atom. The molecule has 0 aliphatic carbocycles. The predicted octanol–water partition coefficient (Wildman–Crippen LogP) is 2.21. The van der Waals surface area contributed by atoms with Crippen molar-refractivity contribution in [3.8, 4) is 0 Å². The molecule has 1 aromatic rings. The molecule has 1 rings (SSSR count). The van der Waals surface area contributed by atoms with Crippen LogP contribution in [0, 0.1) is 0 Å². The number of hydrogen-bond donors (Lipinski definition) is 1. The van der Waals surface area contributed by atoms with E-state index in [0.29, 0.717) is 4.88 Å². The molecule has 1 aromatic heterocycles. The van der Waals surface area contributed by atoms with E-state index in [1.54, 1.807) is 24.4 Å². The topological polar surface area (TPSA) is 55.4 Å². The molecule has 0 aliphatic heterocycles. The minimum absolute atomic E-state index is 0.289. The fraction of sp³-hybridized carbons (Fsp3) is 0.500. The van der Waals surface area contributed by atoms with Gasteiger partial charge in [-0.05, 0) is 39.1 Å². The third kappa shape index (κ3) is 4.56. The third-order valence-corrected chi connectivity index (χ3v) is 2.72. The monoisotopic (exact) mass is 255 g/mol. The SMILES string of the molecule is CC(OC(=O)c1cccs1)C(=O)NC(C)(C)C. The summed E-state index contributed by atoms with van der Waals surface area (Å²) in [5.74, 6) is -0.751. The molecule has 1 unspecified atom stereocenters. The quantitative estimate of drug-likeness (QED) is 0.842. The standard InChI is InChI=1S/C12H17NO3S/c1-8(10(14)13-12(2,3)4)16-11(15)9-6-5-7-17-9/h5-8H,1-4H3,(H,13,14). The predicted molar refractivity (Wildman–Crippen MR) is 67.1 cm³/mol. The molecule has 1 atom stereocenters. The first-order valence-electron chi connectivity index (χ1n) is 5.36. The van der Waals surface area contributed by atoms with Gasteiger partial charge in [-0.1, -0.05) is 6.07 Å². The number of ether oxygens (including phenoxy) is 1. The van der Waals surface area contributed by atoms with Crippen LogP contribution in [-0.2, 0) is 9.53 Å². The summed E-state index contributed by atoms with van der Waals surface area (Å²) in [5.41, 5.74) is -0.333. The Morgan fingerprint density at radius 2 is 2.06 bits per heavy atom. The lowest BCUT2D eigenvalue weighted by atomic mass is 10.1. The van der Waals surface area contributed by atoms with Gasteiger partial charge in [0.15, 0.2) is 6.10 Å². The zero-order valence-electron chi connectivity index (χ0n) is 10.4. The Hall–Kier alpha value is -1.36. The number of hydrogen-bond acceptors (Lipinski definition) is 4. The van der Waals surface area contributed by atoms with Gasteiger partial charge in [-0.25, -0.2) is 4.79 Å². The van der Waals surface area contributed by atoms with E-state index < -0.39 is 12.1 Å². The van der Waals surface area contributed by atoms with Gasteiger partial charge in [0.05, 0.1) is 0 Å². The Bertz CT molecular complexity index is 392. The molecule has 0 bridgehead atoms. The van der Waals surface area contributed by atoms with Gasteiger partial charge in [-0.2, -0.15) is 0 Å². The Morgan fingerprint density at radius 3 is 2.53 bits per heavy atom. The molecular formula is C12H17NO3S. The van der Waals surface area contributed by atoms with Gasteiger partial charge >= 0.3 is 5.97 Å². The number of esters is 1. The van der Waals surface area contributed by atoms with Gasteiger partial charge in [0.1, 0.15) is 4.88 Å². The van der Waals surface area contributed by atoms with Crippen molar-refractivity contribution in [2.45, 2.75) is 39.3 Å². The van der Waals surface area contributed by atoms with Crippen molar-refractivity contribution >= 4 is 23.2 Å². The van der Waals surface area contributed by atoms with Crippen molar-refractivity contribution in [3.63, 3.8) is 0 Å². The summed E-state index contributed by atoms with van der Waals surface area (Å²) in [6, 6.07) is 3.43. The number of carbonyl (C=O) groups excluding carboxylic acids is 2. The van der Waals surface area contributed by atoms with Crippen LogP contribution in [0.15, 0.2) is 17.5 Å². The molecule has 4 nitrogen and oxygen atoms in total. The van der Waals surface area contributed by atoms with Gasteiger partial charge in [-0.3, -0.25) is 4.79 Å². The number of thiophene rings is 1. The molecule has 0 spiro atoms. The largest absolute Gasteiger partial charge is 0.448 e. The lowest BCUT2D eigenvalue weighted by molar-refractivity contribution is -0.130. The average Bonchev–Trinajstić information content (AvgIpc) is 2.67. The summed E-state index contributed by atoms with van der Waals surface area (Å²) >= 11 is 1.29. The van der Waals surface area contributed by atoms with E-state index in [0.717, 1.165) is 0 Å². The zero-order valence-corrected chi connectivity index (χ0v) is 11.3. The Kier molecular flexibility index (Phi) is 4.28. The van der Waals surface area contributed by atoms with Crippen LogP contribution in [0.5, 0.6) is 0 Å². The third-order valence-electron chi connectivity index (χ3n) is 1.87. The molecule has 0 aromatic carbocycles. The molecule has 0 saturated carbocycles. The fourth-order valence-electron chi connectivity index (χ4n) is 1.14. The van der Waals surface area contributed by atoms with Crippen molar-refractivity contribution in [1.82, 2.24) is 5.32 Å². The second-order valence-electron chi connectivity index (χ2n) is 4.76. The summed E-state index contributed by atoms with van der Waals surface area (Å²) in [5, 5.41) is 4.54. The highest BCUT2D eigenvalue weighted by atomic mass is 32.1. The van der Waals surface area contributed by atoms with E-state index in [2.05, 4.69) is 5.32 Å². The summed E-state index contributed by atoms with van der Waals surface area (Å²) in [4.78, 5) is 23.8. The highest BCUT2D eigenvalue weighted by molar-refractivity contribution is 7.11. The van der Waals surface area contributed by atoms with Crippen molar-refractivity contribution in [3.05, 3.63) is 22.4 Å². The van der Waals surface area contributed by atoms with Gasteiger partial charge in [0.2, 0.25) is 0 Å². The van der Waals surface area contributed by atoms with E-state index in [1.165, 1.54) is 11.3 Å². The normalized spacial score (nSPS) is 12.9. The second-order valence-corrected chi connectivity index (χ2v) is 5.71. The Labute approximate surface area is 105 Å². The number of nitrogens with one attached hydrogen (secondary N) is 1. The maximum absolute atomic E-state index is 11.7. The Balaban J connectivity index is 2.52. The first-order valence-corrected chi connectivity index (χ1v) is 6.24. The van der Waals surface area contributed by atoms with Gasteiger partial charge in [-0.15, -0.1) is 11.3 Å². The van der Waals surface area contributed by atoms with E-state index >= 15 is 0 Å². The van der Waals surface area contributed by atoms with Gasteiger partial charge in [0.25, 0.3) is 5.91 Å². The lowest BCUT2D eigenvalue weighted by Gasteiger charge is -2.23. The highest BCUT2D eigenvalue weighted by Crippen LogP contribution is 2.11. The number of rotatable bonds is 3. The number of carbonyl (C=O) groups is 2. The summed E-state index contributed by atoms with van der Waals surface area (Å²) in [7, 11) is 0. The van der Waals surface area contributed by atoms with Gasteiger partial charge < -0.3 is 10.1 Å². The van der Waals surface area contributed by atoms with Crippen LogP contribution in [0.1, 0.15) is 37.4 Å². The molecule has 5 heteroatoms. The van der Waals surface area contributed by atoms with Crippen LogP contribution in [0.3, 0.4) is 0 Å². The lowest BCUT2D eigenvalue weighted by Crippen LogP contribution is -2.46. The molecular weight excluding hydrogens is 238 g/mol. The smallest absolute Gasteiger partial charge is 0.349 e. The molecule has 0 radical (unpaired) electrons. The maximum atomic E-state index is 11.7. The van der Waals surface area contributed by atoms with E-state index in [1.807, 2.05) is 20.8 Å². The molecule has 0 fully saturated rings. The summed E-state index contributed by atoms with van der Waals surface area (Å²) < 4.78 is 5.06. The fourth-order valence-corrected chi connectivity index (χ4v) is 1.74. The molecule has 94 valence electrons. The zero-order chi connectivity index (χ0) is 13.1. The molecule has 0 aliphatic rings. The summed E-state index contributed by atoms with van der Waals surface area (Å²) in [6.45, 7) is 7.18. The molecule has 1 amide bonds. The van der Waals surface area contributed by atoms with Crippen LogP contribution in [0.25, 0.3) is 0 Å².